The maximum absolute atomic E-state index is 12.7. The molecule has 1 rings (SSSR count). The summed E-state index contributed by atoms with van der Waals surface area (Å²) >= 11 is 0. The summed E-state index contributed by atoms with van der Waals surface area (Å²) < 4.78 is 10.2. The summed E-state index contributed by atoms with van der Waals surface area (Å²) in [5.41, 5.74) is -1.28. The Morgan fingerprint density at radius 1 is 1.20 bits per heavy atom. The molecule has 0 aliphatic heterocycles. The predicted octanol–water partition coefficient (Wildman–Crippen LogP) is 3.59. The maximum atomic E-state index is 12.7. The Morgan fingerprint density at radius 3 is 2.36 bits per heavy atom. The van der Waals surface area contributed by atoms with E-state index in [1.165, 1.54) is 6.08 Å². The van der Waals surface area contributed by atoms with Crippen molar-refractivity contribution in [3.8, 4) is 6.07 Å². The Labute approximate surface area is 149 Å². The van der Waals surface area contributed by atoms with Gasteiger partial charge in [-0.1, -0.05) is 30.3 Å². The molecule has 0 saturated carbocycles. The first kappa shape index (κ1) is 20.4. The minimum absolute atomic E-state index is 0.207. The summed E-state index contributed by atoms with van der Waals surface area (Å²) in [6.45, 7) is 7.11. The molecule has 0 saturated heterocycles. The number of hydrogen-bond donors (Lipinski definition) is 0. The van der Waals surface area contributed by atoms with Gasteiger partial charge in [0.25, 0.3) is 0 Å². The standard InChI is InChI=1S/C20H25NO4/c1-5-24-17(22)12-14-20(15-21,18(23)25-19(2,3)4)13-11-16-9-7-6-8-10-16/h6-10,12,14H,5,11,13H2,1-4H3/b14-12+. The topological polar surface area (TPSA) is 76.4 Å². The average Bonchev–Trinajstić information content (AvgIpc) is 2.55. The van der Waals surface area contributed by atoms with Gasteiger partial charge in [0.15, 0.2) is 5.41 Å². The van der Waals surface area contributed by atoms with Crippen molar-refractivity contribution >= 4 is 11.9 Å². The monoisotopic (exact) mass is 343 g/mol. The van der Waals surface area contributed by atoms with Crippen molar-refractivity contribution in [3.05, 3.63) is 48.0 Å². The Balaban J connectivity index is 3.07. The van der Waals surface area contributed by atoms with Gasteiger partial charge in [0.05, 0.1) is 12.7 Å². The molecule has 0 bridgehead atoms. The normalized spacial score (nSPS) is 13.7. The smallest absolute Gasteiger partial charge is 0.331 e. The summed E-state index contributed by atoms with van der Waals surface area (Å²) in [4.78, 5) is 24.3. The van der Waals surface area contributed by atoms with E-state index < -0.39 is 23.0 Å². The lowest BCUT2D eigenvalue weighted by molar-refractivity contribution is -0.161. The first-order chi connectivity index (χ1) is 11.7. The van der Waals surface area contributed by atoms with Crippen LogP contribution in [-0.4, -0.2) is 24.1 Å². The number of aryl methyl sites for hydroxylation is 1. The number of ether oxygens (including phenoxy) is 2. The molecule has 5 nitrogen and oxygen atoms in total. The Bertz CT molecular complexity index is 653. The van der Waals surface area contributed by atoms with Crippen molar-refractivity contribution in [2.75, 3.05) is 6.61 Å². The van der Waals surface area contributed by atoms with Gasteiger partial charge >= 0.3 is 11.9 Å². The molecule has 0 fully saturated rings. The SMILES string of the molecule is CCOC(=O)/C=C/C(C#N)(CCc1ccccc1)C(=O)OC(C)(C)C. The van der Waals surface area contributed by atoms with Crippen LogP contribution in [-0.2, 0) is 25.5 Å². The quantitative estimate of drug-likeness (QED) is 0.558. The highest BCUT2D eigenvalue weighted by Gasteiger charge is 2.40. The zero-order valence-electron chi connectivity index (χ0n) is 15.2. The molecule has 1 aromatic rings. The van der Waals surface area contributed by atoms with E-state index in [-0.39, 0.29) is 13.0 Å². The molecule has 0 aliphatic rings. The summed E-state index contributed by atoms with van der Waals surface area (Å²) in [5.74, 6) is -1.26. The zero-order chi connectivity index (χ0) is 18.9. The van der Waals surface area contributed by atoms with Crippen molar-refractivity contribution in [1.82, 2.24) is 0 Å². The van der Waals surface area contributed by atoms with Crippen molar-refractivity contribution in [3.63, 3.8) is 0 Å². The molecule has 0 aliphatic carbocycles. The number of carbonyl (C=O) groups excluding carboxylic acids is 2. The molecule has 0 aromatic heterocycles. The van der Waals surface area contributed by atoms with E-state index in [0.717, 1.165) is 11.6 Å². The van der Waals surface area contributed by atoms with Gasteiger partial charge in [0, 0.05) is 6.08 Å². The van der Waals surface area contributed by atoms with Crippen LogP contribution >= 0.6 is 0 Å². The van der Waals surface area contributed by atoms with Gasteiger partial charge in [-0.2, -0.15) is 5.26 Å². The molecule has 1 aromatic carbocycles. The van der Waals surface area contributed by atoms with Crippen molar-refractivity contribution in [2.24, 2.45) is 5.41 Å². The number of benzene rings is 1. The van der Waals surface area contributed by atoms with E-state index in [9.17, 15) is 14.9 Å². The van der Waals surface area contributed by atoms with Crippen LogP contribution in [0.15, 0.2) is 42.5 Å². The highest BCUT2D eigenvalue weighted by molar-refractivity contribution is 5.87. The van der Waals surface area contributed by atoms with Crippen LogP contribution in [0.3, 0.4) is 0 Å². The molecule has 0 amide bonds. The van der Waals surface area contributed by atoms with Crippen LogP contribution in [0.5, 0.6) is 0 Å². The van der Waals surface area contributed by atoms with E-state index in [2.05, 4.69) is 0 Å². The van der Waals surface area contributed by atoms with Crippen molar-refractivity contribution < 1.29 is 19.1 Å². The van der Waals surface area contributed by atoms with Crippen LogP contribution < -0.4 is 0 Å². The van der Waals surface area contributed by atoms with Gasteiger partial charge in [0.2, 0.25) is 0 Å². The van der Waals surface area contributed by atoms with Crippen LogP contribution in [0.1, 0.15) is 39.7 Å². The van der Waals surface area contributed by atoms with Crippen LogP contribution in [0.25, 0.3) is 0 Å². The van der Waals surface area contributed by atoms with E-state index in [1.54, 1.807) is 27.7 Å². The number of rotatable bonds is 7. The summed E-state index contributed by atoms with van der Waals surface area (Å²) in [6, 6.07) is 11.6. The van der Waals surface area contributed by atoms with E-state index in [1.807, 2.05) is 36.4 Å². The lowest BCUT2D eigenvalue weighted by atomic mass is 9.82. The Morgan fingerprint density at radius 2 is 1.84 bits per heavy atom. The molecule has 25 heavy (non-hydrogen) atoms. The van der Waals surface area contributed by atoms with E-state index in [4.69, 9.17) is 9.47 Å². The largest absolute Gasteiger partial charge is 0.463 e. The van der Waals surface area contributed by atoms with Gasteiger partial charge in [-0.05, 0) is 52.2 Å². The lowest BCUT2D eigenvalue weighted by Gasteiger charge is -2.27. The number of carbonyl (C=O) groups is 2. The zero-order valence-corrected chi connectivity index (χ0v) is 15.2. The van der Waals surface area contributed by atoms with Gasteiger partial charge in [0.1, 0.15) is 5.60 Å². The molecule has 1 unspecified atom stereocenters. The second-order valence-corrected chi connectivity index (χ2v) is 6.66. The Hall–Kier alpha value is -2.61. The maximum Gasteiger partial charge on any atom is 0.331 e. The van der Waals surface area contributed by atoms with Gasteiger partial charge in [-0.3, -0.25) is 0 Å². The van der Waals surface area contributed by atoms with Crippen LogP contribution in [0.2, 0.25) is 0 Å². The molecule has 0 radical (unpaired) electrons. The molecule has 0 heterocycles. The predicted molar refractivity (Wildman–Crippen MR) is 94.4 cm³/mol. The highest BCUT2D eigenvalue weighted by atomic mass is 16.6. The summed E-state index contributed by atoms with van der Waals surface area (Å²) in [6.07, 6.45) is 3.13. The fraction of sp³-hybridized carbons (Fsp3) is 0.450. The number of hydrogen-bond acceptors (Lipinski definition) is 5. The fourth-order valence-electron chi connectivity index (χ4n) is 2.15. The fourth-order valence-corrected chi connectivity index (χ4v) is 2.15. The second-order valence-electron chi connectivity index (χ2n) is 6.66. The second kappa shape index (κ2) is 9.03. The third-order valence-electron chi connectivity index (χ3n) is 3.40. The highest BCUT2D eigenvalue weighted by Crippen LogP contribution is 2.29. The van der Waals surface area contributed by atoms with Gasteiger partial charge in [-0.25, -0.2) is 9.59 Å². The molecule has 5 heteroatoms. The van der Waals surface area contributed by atoms with E-state index >= 15 is 0 Å². The molecule has 134 valence electrons. The van der Waals surface area contributed by atoms with Crippen molar-refractivity contribution in [1.29, 1.82) is 5.26 Å². The molecule has 1 atom stereocenters. The molecular weight excluding hydrogens is 318 g/mol. The van der Waals surface area contributed by atoms with Gasteiger partial charge < -0.3 is 9.47 Å². The number of nitriles is 1. The minimum atomic E-state index is -1.55. The molecule has 0 spiro atoms. The summed E-state index contributed by atoms with van der Waals surface area (Å²) in [7, 11) is 0. The summed E-state index contributed by atoms with van der Waals surface area (Å²) in [5, 5.41) is 9.71. The lowest BCUT2D eigenvalue weighted by Crippen LogP contribution is -2.36. The van der Waals surface area contributed by atoms with Gasteiger partial charge in [-0.15, -0.1) is 0 Å². The minimum Gasteiger partial charge on any atom is -0.463 e. The van der Waals surface area contributed by atoms with Crippen LogP contribution in [0, 0.1) is 16.7 Å². The Kier molecular flexibility index (Phi) is 7.38. The van der Waals surface area contributed by atoms with Crippen molar-refractivity contribution in [2.45, 2.75) is 46.1 Å². The molecule has 0 N–H and O–H groups in total. The van der Waals surface area contributed by atoms with E-state index in [0.29, 0.717) is 6.42 Å². The number of nitrogens with zero attached hydrogens (tertiary/aromatic N) is 1. The average molecular weight is 343 g/mol. The number of esters is 2. The first-order valence-corrected chi connectivity index (χ1v) is 8.27. The first-order valence-electron chi connectivity index (χ1n) is 8.27. The van der Waals surface area contributed by atoms with Crippen LogP contribution in [0.4, 0.5) is 0 Å². The molecular formula is C20H25NO4. The third-order valence-corrected chi connectivity index (χ3v) is 3.40. The third kappa shape index (κ3) is 6.80.